The summed E-state index contributed by atoms with van der Waals surface area (Å²) in [5.41, 5.74) is 1.80. The van der Waals surface area contributed by atoms with Crippen LogP contribution in [0.5, 0.6) is 5.75 Å². The fourth-order valence-electron chi connectivity index (χ4n) is 4.71. The normalized spacial score (nSPS) is 21.1. The molecule has 1 saturated carbocycles. The number of rotatable bonds is 7. The van der Waals surface area contributed by atoms with Gasteiger partial charge in [-0.3, -0.25) is 4.79 Å². The van der Waals surface area contributed by atoms with Gasteiger partial charge < -0.3 is 18.9 Å². The molecule has 1 N–H and O–H groups in total. The lowest BCUT2D eigenvalue weighted by Crippen LogP contribution is -2.52. The molecular weight excluding hydrogens is 458 g/mol. The van der Waals surface area contributed by atoms with Crippen molar-refractivity contribution in [3.63, 3.8) is 0 Å². The van der Waals surface area contributed by atoms with E-state index in [9.17, 15) is 13.2 Å². The van der Waals surface area contributed by atoms with Crippen LogP contribution in [0.15, 0.2) is 53.4 Å². The molecular formula is C25H31NO7S. The number of methoxy groups -OCH3 is 2. The van der Waals surface area contributed by atoms with E-state index in [1.54, 1.807) is 19.2 Å². The van der Waals surface area contributed by atoms with Crippen molar-refractivity contribution in [1.29, 1.82) is 0 Å². The van der Waals surface area contributed by atoms with Crippen molar-refractivity contribution in [2.75, 3.05) is 27.4 Å². The lowest BCUT2D eigenvalue weighted by atomic mass is 9.80. The number of esters is 1. The van der Waals surface area contributed by atoms with Gasteiger partial charge in [0, 0.05) is 12.8 Å². The predicted molar refractivity (Wildman–Crippen MR) is 126 cm³/mol. The number of carbonyl (C=O) groups is 1. The minimum absolute atomic E-state index is 0.0781. The van der Waals surface area contributed by atoms with Gasteiger partial charge in [0.25, 0.3) is 0 Å². The van der Waals surface area contributed by atoms with Crippen LogP contribution < -0.4 is 9.46 Å². The number of hydrogen-bond donors (Lipinski definition) is 1. The van der Waals surface area contributed by atoms with Gasteiger partial charge in [-0.05, 0) is 60.6 Å². The first-order chi connectivity index (χ1) is 16.4. The largest absolute Gasteiger partial charge is 0.497 e. The van der Waals surface area contributed by atoms with E-state index < -0.39 is 27.8 Å². The van der Waals surface area contributed by atoms with Gasteiger partial charge in [0.05, 0.1) is 32.3 Å². The summed E-state index contributed by atoms with van der Waals surface area (Å²) in [5.74, 6) is -0.919. The monoisotopic (exact) mass is 489 g/mol. The van der Waals surface area contributed by atoms with Crippen molar-refractivity contribution in [2.45, 2.75) is 48.8 Å². The van der Waals surface area contributed by atoms with Gasteiger partial charge in [-0.25, -0.2) is 8.42 Å². The van der Waals surface area contributed by atoms with Crippen LogP contribution in [0.2, 0.25) is 0 Å². The Morgan fingerprint density at radius 1 is 1.00 bits per heavy atom. The van der Waals surface area contributed by atoms with Crippen LogP contribution in [0.1, 0.15) is 32.1 Å². The molecule has 1 aliphatic heterocycles. The maximum atomic E-state index is 13.2. The fraction of sp³-hybridized carbons (Fsp3) is 0.480. The van der Waals surface area contributed by atoms with Gasteiger partial charge in [0.2, 0.25) is 10.0 Å². The second-order valence-electron chi connectivity index (χ2n) is 8.69. The summed E-state index contributed by atoms with van der Waals surface area (Å²) in [7, 11) is -1.10. The van der Waals surface area contributed by atoms with Crippen LogP contribution in [0, 0.1) is 5.92 Å². The van der Waals surface area contributed by atoms with Crippen molar-refractivity contribution >= 4 is 16.0 Å². The molecule has 184 valence electrons. The molecule has 0 bridgehead atoms. The van der Waals surface area contributed by atoms with E-state index in [-0.39, 0.29) is 10.8 Å². The molecule has 2 atom stereocenters. The second kappa shape index (κ2) is 10.4. The first-order valence-electron chi connectivity index (χ1n) is 11.5. The molecule has 8 nitrogen and oxygen atoms in total. The van der Waals surface area contributed by atoms with Crippen LogP contribution in [0.3, 0.4) is 0 Å². The zero-order valence-electron chi connectivity index (χ0n) is 19.5. The van der Waals surface area contributed by atoms with E-state index in [1.807, 2.05) is 24.3 Å². The molecule has 1 heterocycles. The molecule has 2 fully saturated rings. The summed E-state index contributed by atoms with van der Waals surface area (Å²) in [6, 6.07) is 13.0. The highest BCUT2D eigenvalue weighted by molar-refractivity contribution is 7.89. The number of benzene rings is 2. The standard InChI is InChI=1S/C25H31NO7S/c1-30-21-10-6-18(7-11-21)19-8-12-22(13-9-19)34(28,29)26-23(24(27)31-2)20-5-3-14-25(17-20)32-15-4-16-33-25/h6-13,20,23,26H,3-5,14-17H2,1-2H3. The molecule has 1 spiro atoms. The van der Waals surface area contributed by atoms with Crippen molar-refractivity contribution in [3.8, 4) is 16.9 Å². The van der Waals surface area contributed by atoms with Gasteiger partial charge in [0.1, 0.15) is 11.8 Å². The molecule has 9 heteroatoms. The zero-order valence-corrected chi connectivity index (χ0v) is 20.3. The first kappa shape index (κ1) is 24.7. The molecule has 2 unspecified atom stereocenters. The molecule has 0 amide bonds. The number of sulfonamides is 1. The highest BCUT2D eigenvalue weighted by Gasteiger charge is 2.45. The van der Waals surface area contributed by atoms with Gasteiger partial charge in [-0.1, -0.05) is 24.3 Å². The van der Waals surface area contributed by atoms with Crippen molar-refractivity contribution in [1.82, 2.24) is 4.72 Å². The van der Waals surface area contributed by atoms with Gasteiger partial charge in [-0.2, -0.15) is 4.72 Å². The van der Waals surface area contributed by atoms with E-state index in [2.05, 4.69) is 4.72 Å². The van der Waals surface area contributed by atoms with E-state index >= 15 is 0 Å². The second-order valence-corrected chi connectivity index (χ2v) is 10.4. The Morgan fingerprint density at radius 2 is 1.62 bits per heavy atom. The van der Waals surface area contributed by atoms with Crippen LogP contribution in [-0.4, -0.2) is 53.6 Å². The Kier molecular flexibility index (Phi) is 7.57. The number of ether oxygens (including phenoxy) is 4. The van der Waals surface area contributed by atoms with Gasteiger partial charge in [0.15, 0.2) is 5.79 Å². The average Bonchev–Trinajstić information content (AvgIpc) is 2.87. The Morgan fingerprint density at radius 3 is 2.21 bits per heavy atom. The van der Waals surface area contributed by atoms with Gasteiger partial charge >= 0.3 is 5.97 Å². The Bertz CT molecular complexity index is 1070. The van der Waals surface area contributed by atoms with Crippen molar-refractivity contribution < 1.29 is 32.2 Å². The average molecular weight is 490 g/mol. The van der Waals surface area contributed by atoms with Crippen LogP contribution >= 0.6 is 0 Å². The molecule has 1 aliphatic carbocycles. The van der Waals surface area contributed by atoms with Crippen LogP contribution in [-0.2, 0) is 29.0 Å². The predicted octanol–water partition coefficient (Wildman–Crippen LogP) is 3.51. The zero-order chi connectivity index (χ0) is 24.2. The Balaban J connectivity index is 1.52. The lowest BCUT2D eigenvalue weighted by molar-refractivity contribution is -0.286. The summed E-state index contributed by atoms with van der Waals surface area (Å²) >= 11 is 0. The molecule has 0 radical (unpaired) electrons. The molecule has 4 rings (SSSR count). The minimum atomic E-state index is -3.97. The van der Waals surface area contributed by atoms with Gasteiger partial charge in [-0.15, -0.1) is 0 Å². The maximum absolute atomic E-state index is 13.2. The summed E-state index contributed by atoms with van der Waals surface area (Å²) in [4.78, 5) is 12.7. The minimum Gasteiger partial charge on any atom is -0.497 e. The fourth-order valence-corrected chi connectivity index (χ4v) is 5.96. The van der Waals surface area contributed by atoms with E-state index in [1.165, 1.54) is 19.2 Å². The third-order valence-corrected chi connectivity index (χ3v) is 7.98. The maximum Gasteiger partial charge on any atom is 0.324 e. The van der Waals surface area contributed by atoms with Crippen molar-refractivity contribution in [2.24, 2.45) is 5.92 Å². The summed E-state index contributed by atoms with van der Waals surface area (Å²) in [5, 5.41) is 0. The molecule has 0 aromatic heterocycles. The highest BCUT2D eigenvalue weighted by Crippen LogP contribution is 2.40. The Labute approximate surface area is 200 Å². The number of nitrogens with one attached hydrogen (secondary N) is 1. The van der Waals surface area contributed by atoms with Crippen LogP contribution in [0.4, 0.5) is 0 Å². The molecule has 2 aromatic carbocycles. The van der Waals surface area contributed by atoms with Crippen LogP contribution in [0.25, 0.3) is 11.1 Å². The summed E-state index contributed by atoms with van der Waals surface area (Å²) < 4.78 is 51.0. The quantitative estimate of drug-likeness (QED) is 0.594. The smallest absolute Gasteiger partial charge is 0.324 e. The summed E-state index contributed by atoms with van der Waals surface area (Å²) in [6.45, 7) is 1.20. The SMILES string of the molecule is COC(=O)C(NS(=O)(=O)c1ccc(-c2ccc(OC)cc2)cc1)C1CCCC2(C1)OCCCO2. The molecule has 2 aromatic rings. The molecule has 1 saturated heterocycles. The molecule has 34 heavy (non-hydrogen) atoms. The van der Waals surface area contributed by atoms with E-state index in [0.29, 0.717) is 26.1 Å². The Hall–Kier alpha value is -2.46. The van der Waals surface area contributed by atoms with E-state index in [4.69, 9.17) is 18.9 Å². The number of carbonyl (C=O) groups excluding carboxylic acids is 1. The highest BCUT2D eigenvalue weighted by atomic mass is 32.2. The first-order valence-corrected chi connectivity index (χ1v) is 13.0. The molecule has 2 aliphatic rings. The third-order valence-electron chi connectivity index (χ3n) is 6.52. The van der Waals surface area contributed by atoms with E-state index in [0.717, 1.165) is 36.1 Å². The third kappa shape index (κ3) is 5.43. The van der Waals surface area contributed by atoms with Crippen molar-refractivity contribution in [3.05, 3.63) is 48.5 Å². The topological polar surface area (TPSA) is 100 Å². The lowest BCUT2D eigenvalue weighted by Gasteiger charge is -2.44. The summed E-state index contributed by atoms with van der Waals surface area (Å²) in [6.07, 6.45) is 3.44. The number of hydrogen-bond acceptors (Lipinski definition) is 7.